The Hall–Kier alpha value is -1.20. The number of nitrogens with zero attached hydrogens (tertiary/aromatic N) is 2. The Bertz CT molecular complexity index is 615. The molecule has 1 atom stereocenters. The van der Waals surface area contributed by atoms with Gasteiger partial charge in [0.05, 0.1) is 17.6 Å². The monoisotopic (exact) mass is 338 g/mol. The Kier molecular flexibility index (Phi) is 7.42. The Labute approximate surface area is 144 Å². The number of imidazole rings is 1. The summed E-state index contributed by atoms with van der Waals surface area (Å²) in [7, 11) is 0. The molecule has 0 bridgehead atoms. The first-order valence-electron chi connectivity index (χ1n) is 8.24. The van der Waals surface area contributed by atoms with Gasteiger partial charge in [-0.1, -0.05) is 34.6 Å². The van der Waals surface area contributed by atoms with Crippen LogP contribution in [-0.4, -0.2) is 31.9 Å². The molecule has 4 nitrogen and oxygen atoms in total. The van der Waals surface area contributed by atoms with Gasteiger partial charge in [0.1, 0.15) is 11.4 Å². The number of rotatable bonds is 5. The maximum atomic E-state index is 9.36. The molecule has 0 fully saturated rings. The topological polar surface area (TPSA) is 46.8 Å². The number of aliphatic hydroxyl groups excluding tert-OH is 1. The summed E-state index contributed by atoms with van der Waals surface area (Å²) in [6.45, 7) is 14.9. The van der Waals surface area contributed by atoms with Crippen molar-refractivity contribution in [1.29, 1.82) is 0 Å². The average molecular weight is 339 g/mol. The van der Waals surface area contributed by atoms with E-state index >= 15 is 0 Å². The van der Waals surface area contributed by atoms with Gasteiger partial charge in [-0.2, -0.15) is 0 Å². The normalized spacial score (nSPS) is 12.7. The maximum absolute atomic E-state index is 9.36. The summed E-state index contributed by atoms with van der Waals surface area (Å²) in [4.78, 5) is 5.48. The number of thioether (sulfide) groups is 1. The second-order valence-electron chi connectivity index (χ2n) is 6.33. The van der Waals surface area contributed by atoms with E-state index in [1.807, 2.05) is 33.0 Å². The number of fused-ring (bicyclic) bond motifs is 1. The Morgan fingerprint density at radius 3 is 2.57 bits per heavy atom. The van der Waals surface area contributed by atoms with Crippen molar-refractivity contribution in [2.24, 2.45) is 0 Å². The van der Waals surface area contributed by atoms with Crippen LogP contribution in [0.3, 0.4) is 0 Å². The van der Waals surface area contributed by atoms with Crippen LogP contribution in [0.15, 0.2) is 23.4 Å². The molecule has 0 saturated heterocycles. The highest BCUT2D eigenvalue weighted by atomic mass is 32.2. The van der Waals surface area contributed by atoms with Gasteiger partial charge in [0.25, 0.3) is 0 Å². The molecule has 23 heavy (non-hydrogen) atoms. The van der Waals surface area contributed by atoms with Gasteiger partial charge in [-0.05, 0) is 13.8 Å². The molecule has 1 unspecified atom stereocenters. The highest BCUT2D eigenvalue weighted by Crippen LogP contribution is 2.38. The lowest BCUT2D eigenvalue weighted by Crippen LogP contribution is -2.10. The van der Waals surface area contributed by atoms with Crippen LogP contribution in [-0.2, 0) is 0 Å². The SMILES string of the molecule is CC.Cc1cnc2cc(OCCC(C)O)c(SC(C)(C)C)cn12. The summed E-state index contributed by atoms with van der Waals surface area (Å²) >= 11 is 1.78. The van der Waals surface area contributed by atoms with Gasteiger partial charge in [0, 0.05) is 35.3 Å². The van der Waals surface area contributed by atoms with E-state index in [1.54, 1.807) is 18.7 Å². The number of aryl methyl sites for hydroxylation is 1. The van der Waals surface area contributed by atoms with Gasteiger partial charge in [0.2, 0.25) is 0 Å². The molecular weight excluding hydrogens is 308 g/mol. The van der Waals surface area contributed by atoms with Crippen LogP contribution in [0, 0.1) is 6.92 Å². The summed E-state index contributed by atoms with van der Waals surface area (Å²) in [6.07, 6.45) is 4.23. The van der Waals surface area contributed by atoms with Crippen LogP contribution in [0.4, 0.5) is 0 Å². The molecule has 2 heterocycles. The molecule has 0 saturated carbocycles. The summed E-state index contributed by atoms with van der Waals surface area (Å²) in [5.41, 5.74) is 1.99. The van der Waals surface area contributed by atoms with Crippen molar-refractivity contribution in [3.63, 3.8) is 0 Å². The first kappa shape index (κ1) is 19.8. The molecule has 0 aliphatic carbocycles. The third-order valence-corrected chi connectivity index (χ3v) is 4.11. The van der Waals surface area contributed by atoms with Crippen LogP contribution >= 0.6 is 11.8 Å². The van der Waals surface area contributed by atoms with Crippen molar-refractivity contribution in [1.82, 2.24) is 9.38 Å². The first-order valence-corrected chi connectivity index (χ1v) is 9.05. The van der Waals surface area contributed by atoms with Crippen LogP contribution in [0.25, 0.3) is 5.65 Å². The number of aromatic nitrogens is 2. The predicted octanol–water partition coefficient (Wildman–Crippen LogP) is 4.71. The van der Waals surface area contributed by atoms with Crippen molar-refractivity contribution >= 4 is 17.4 Å². The number of pyridine rings is 1. The fourth-order valence-electron chi connectivity index (χ4n) is 1.97. The van der Waals surface area contributed by atoms with Crippen molar-refractivity contribution in [2.75, 3.05) is 6.61 Å². The molecule has 0 aromatic carbocycles. The molecule has 0 aliphatic rings. The zero-order chi connectivity index (χ0) is 17.6. The minimum atomic E-state index is -0.346. The van der Waals surface area contributed by atoms with E-state index in [9.17, 15) is 5.11 Å². The van der Waals surface area contributed by atoms with Crippen LogP contribution in [0.2, 0.25) is 0 Å². The Morgan fingerprint density at radius 1 is 1.35 bits per heavy atom. The number of hydrogen-bond acceptors (Lipinski definition) is 4. The standard InChI is InChI=1S/C16H24N2O2S.C2H6/c1-11-9-17-15-8-13(20-7-6-12(2)19)14(10-18(11)15)21-16(3,4)5;1-2/h8-10,12,19H,6-7H2,1-5H3;1-2H3. The van der Waals surface area contributed by atoms with E-state index in [0.717, 1.165) is 22.0 Å². The van der Waals surface area contributed by atoms with Crippen molar-refractivity contribution in [2.45, 2.75) is 70.6 Å². The summed E-state index contributed by atoms with van der Waals surface area (Å²) in [5, 5.41) is 9.36. The molecule has 2 aromatic rings. The second-order valence-corrected chi connectivity index (χ2v) is 8.20. The second kappa shape index (κ2) is 8.60. The molecule has 5 heteroatoms. The minimum Gasteiger partial charge on any atom is -0.492 e. The van der Waals surface area contributed by atoms with E-state index < -0.39 is 0 Å². The summed E-state index contributed by atoms with van der Waals surface area (Å²) < 4.78 is 8.06. The van der Waals surface area contributed by atoms with Crippen LogP contribution in [0.5, 0.6) is 5.75 Å². The lowest BCUT2D eigenvalue weighted by molar-refractivity contribution is 0.154. The zero-order valence-corrected chi connectivity index (χ0v) is 16.2. The highest BCUT2D eigenvalue weighted by molar-refractivity contribution is 8.00. The lowest BCUT2D eigenvalue weighted by Gasteiger charge is -2.20. The molecule has 0 aliphatic heterocycles. The molecule has 2 rings (SSSR count). The summed E-state index contributed by atoms with van der Waals surface area (Å²) in [6, 6.07) is 1.98. The fourth-order valence-corrected chi connectivity index (χ4v) is 3.00. The molecule has 130 valence electrons. The number of ether oxygens (including phenoxy) is 1. The Morgan fingerprint density at radius 2 is 2.00 bits per heavy atom. The third-order valence-electron chi connectivity index (χ3n) is 2.97. The molecular formula is C18H30N2O2S. The smallest absolute Gasteiger partial charge is 0.140 e. The van der Waals surface area contributed by atoms with E-state index in [4.69, 9.17) is 4.74 Å². The van der Waals surface area contributed by atoms with Crippen molar-refractivity contribution in [3.05, 3.63) is 24.2 Å². The van der Waals surface area contributed by atoms with Gasteiger partial charge in [-0.25, -0.2) is 4.98 Å². The van der Waals surface area contributed by atoms with Crippen molar-refractivity contribution in [3.8, 4) is 5.75 Å². The molecule has 1 N–H and O–H groups in total. The van der Waals surface area contributed by atoms with Gasteiger partial charge in [-0.15, -0.1) is 11.8 Å². The van der Waals surface area contributed by atoms with E-state index in [0.29, 0.717) is 13.0 Å². The zero-order valence-electron chi connectivity index (χ0n) is 15.4. The predicted molar refractivity (Wildman–Crippen MR) is 98.7 cm³/mol. The van der Waals surface area contributed by atoms with Gasteiger partial charge in [-0.3, -0.25) is 0 Å². The van der Waals surface area contributed by atoms with E-state index in [-0.39, 0.29) is 10.9 Å². The molecule has 2 aromatic heterocycles. The van der Waals surface area contributed by atoms with Crippen molar-refractivity contribution < 1.29 is 9.84 Å². The molecule has 0 spiro atoms. The summed E-state index contributed by atoms with van der Waals surface area (Å²) in [5.74, 6) is 0.841. The highest BCUT2D eigenvalue weighted by Gasteiger charge is 2.17. The molecule has 0 radical (unpaired) electrons. The maximum Gasteiger partial charge on any atom is 0.140 e. The minimum absolute atomic E-state index is 0.102. The van der Waals surface area contributed by atoms with Gasteiger partial charge in [0.15, 0.2) is 0 Å². The first-order chi connectivity index (χ1) is 10.8. The lowest BCUT2D eigenvalue weighted by atomic mass is 10.3. The van der Waals surface area contributed by atoms with E-state index in [1.165, 1.54) is 0 Å². The van der Waals surface area contributed by atoms with Crippen LogP contribution < -0.4 is 4.74 Å². The largest absolute Gasteiger partial charge is 0.492 e. The number of aliphatic hydroxyl groups is 1. The van der Waals surface area contributed by atoms with Gasteiger partial charge < -0.3 is 14.2 Å². The van der Waals surface area contributed by atoms with E-state index in [2.05, 4.69) is 36.4 Å². The quantitative estimate of drug-likeness (QED) is 0.802. The number of hydrogen-bond donors (Lipinski definition) is 1. The third kappa shape index (κ3) is 6.07. The fraction of sp³-hybridized carbons (Fsp3) is 0.611. The van der Waals surface area contributed by atoms with Crippen LogP contribution in [0.1, 0.15) is 53.7 Å². The molecule has 0 amide bonds. The van der Waals surface area contributed by atoms with Gasteiger partial charge >= 0.3 is 0 Å². The average Bonchev–Trinajstić information content (AvgIpc) is 2.80. The Balaban J connectivity index is 0.00000127.